The molecule has 1 aliphatic carbocycles. The van der Waals surface area contributed by atoms with Crippen LogP contribution in [0, 0.1) is 0 Å². The minimum Gasteiger partial charge on any atom is -0.507 e. The van der Waals surface area contributed by atoms with Gasteiger partial charge in [-0.25, -0.2) is 0 Å². The first kappa shape index (κ1) is 11.9. The van der Waals surface area contributed by atoms with Crippen LogP contribution in [0.25, 0.3) is 10.8 Å². The first-order chi connectivity index (χ1) is 8.58. The predicted molar refractivity (Wildman–Crippen MR) is 74.0 cm³/mol. The smallest absolute Gasteiger partial charge is 0.127 e. The van der Waals surface area contributed by atoms with Gasteiger partial charge in [-0.2, -0.15) is 0 Å². The fourth-order valence-electron chi connectivity index (χ4n) is 2.64. The summed E-state index contributed by atoms with van der Waals surface area (Å²) in [5.74, 6) is 0.448. The Morgan fingerprint density at radius 2 is 1.78 bits per heavy atom. The number of halogens is 2. The van der Waals surface area contributed by atoms with Crippen LogP contribution < -0.4 is 0 Å². The molecule has 0 heterocycles. The summed E-state index contributed by atoms with van der Waals surface area (Å²) in [7, 11) is 0. The molecule has 2 aromatic rings. The van der Waals surface area contributed by atoms with E-state index in [1.165, 1.54) is 0 Å². The van der Waals surface area contributed by atoms with Crippen molar-refractivity contribution in [3.05, 3.63) is 34.3 Å². The zero-order chi connectivity index (χ0) is 12.9. The van der Waals surface area contributed by atoms with Crippen LogP contribution in [0.1, 0.15) is 17.5 Å². The maximum atomic E-state index is 10.3. The van der Waals surface area contributed by atoms with Crippen LogP contribution in [0.5, 0.6) is 11.5 Å². The molecule has 2 nitrogen and oxygen atoms in total. The topological polar surface area (TPSA) is 40.5 Å². The molecule has 0 spiro atoms. The molecule has 18 heavy (non-hydrogen) atoms. The molecular weight excluding hydrogens is 271 g/mol. The second-order valence-corrected chi connectivity index (χ2v) is 5.74. The summed E-state index contributed by atoms with van der Waals surface area (Å²) in [5.41, 5.74) is 1.58. The Morgan fingerprint density at radius 3 is 2.56 bits per heavy atom. The number of rotatable bonds is 0. The second kappa shape index (κ2) is 4.22. The number of hydrogen-bond acceptors (Lipinski definition) is 2. The van der Waals surface area contributed by atoms with Crippen molar-refractivity contribution in [2.24, 2.45) is 0 Å². The van der Waals surface area contributed by atoms with E-state index in [4.69, 9.17) is 23.2 Å². The molecule has 0 saturated heterocycles. The lowest BCUT2D eigenvalue weighted by atomic mass is 9.87. The summed E-state index contributed by atoms with van der Waals surface area (Å²) in [6, 6.07) is 5.11. The van der Waals surface area contributed by atoms with E-state index in [-0.39, 0.29) is 16.9 Å². The fraction of sp³-hybridized carbons (Fsp3) is 0.286. The van der Waals surface area contributed by atoms with Gasteiger partial charge in [0.2, 0.25) is 0 Å². The summed E-state index contributed by atoms with van der Waals surface area (Å²) < 4.78 is 0. The van der Waals surface area contributed by atoms with Crippen molar-refractivity contribution in [2.45, 2.75) is 24.6 Å². The van der Waals surface area contributed by atoms with E-state index < -0.39 is 0 Å². The molecule has 0 fully saturated rings. The van der Waals surface area contributed by atoms with Crippen molar-refractivity contribution in [1.82, 2.24) is 0 Å². The third kappa shape index (κ3) is 1.72. The van der Waals surface area contributed by atoms with Gasteiger partial charge >= 0.3 is 0 Å². The van der Waals surface area contributed by atoms with Crippen LogP contribution in [0.15, 0.2) is 18.2 Å². The van der Waals surface area contributed by atoms with E-state index in [1.807, 2.05) is 0 Å². The molecule has 0 bridgehead atoms. The quantitative estimate of drug-likeness (QED) is 0.566. The Kier molecular flexibility index (Phi) is 2.80. The second-order valence-electron chi connectivity index (χ2n) is 4.68. The molecule has 4 heteroatoms. The minimum atomic E-state index is 0.0209. The van der Waals surface area contributed by atoms with Gasteiger partial charge in [0.15, 0.2) is 0 Å². The lowest BCUT2D eigenvalue weighted by Gasteiger charge is -2.23. The zero-order valence-electron chi connectivity index (χ0n) is 9.58. The zero-order valence-corrected chi connectivity index (χ0v) is 11.1. The molecular formula is C14H12Cl2O2. The predicted octanol–water partition coefficient (Wildman–Crippen LogP) is 4.00. The average molecular weight is 283 g/mol. The molecule has 0 saturated carbocycles. The van der Waals surface area contributed by atoms with Gasteiger partial charge in [0, 0.05) is 32.3 Å². The van der Waals surface area contributed by atoms with Gasteiger partial charge < -0.3 is 10.2 Å². The highest BCUT2D eigenvalue weighted by Crippen LogP contribution is 2.44. The van der Waals surface area contributed by atoms with Gasteiger partial charge in [-0.15, -0.1) is 11.6 Å². The number of phenolic OH excluding ortho intramolecular Hbond substituents is 2. The molecule has 2 N–H and O–H groups in total. The lowest BCUT2D eigenvalue weighted by molar-refractivity contribution is 0.449. The van der Waals surface area contributed by atoms with Gasteiger partial charge in [0.05, 0.1) is 0 Å². The Labute approximate surface area is 115 Å². The van der Waals surface area contributed by atoms with Gasteiger partial charge in [-0.1, -0.05) is 11.6 Å². The molecule has 1 aliphatic rings. The molecule has 1 unspecified atom stereocenters. The summed E-state index contributed by atoms with van der Waals surface area (Å²) >= 11 is 12.1. The molecule has 0 radical (unpaired) electrons. The Balaban J connectivity index is 2.37. The minimum absolute atomic E-state index is 0.0209. The monoisotopic (exact) mass is 282 g/mol. The van der Waals surface area contributed by atoms with Crippen LogP contribution in [-0.4, -0.2) is 15.6 Å². The summed E-state index contributed by atoms with van der Waals surface area (Å²) in [4.78, 5) is 0. The normalized spacial score (nSPS) is 18.9. The summed E-state index contributed by atoms with van der Waals surface area (Å²) in [6.07, 6.45) is 2.09. The van der Waals surface area contributed by atoms with Crippen molar-refractivity contribution in [1.29, 1.82) is 0 Å². The van der Waals surface area contributed by atoms with E-state index in [0.29, 0.717) is 28.6 Å². The number of alkyl halides is 1. The highest BCUT2D eigenvalue weighted by molar-refractivity contribution is 6.31. The van der Waals surface area contributed by atoms with Crippen LogP contribution in [-0.2, 0) is 12.8 Å². The molecule has 2 aromatic carbocycles. The molecule has 0 aromatic heterocycles. The van der Waals surface area contributed by atoms with Crippen molar-refractivity contribution in [2.75, 3.05) is 0 Å². The standard InChI is InChI=1S/C14H12Cl2O2/c15-7-1-3-9-11(5-7)14(18)10-4-2-8(16)6-12(10)13(9)17/h1,3,5,8,17-18H,2,4,6H2. The van der Waals surface area contributed by atoms with Crippen molar-refractivity contribution < 1.29 is 10.2 Å². The fourth-order valence-corrected chi connectivity index (χ4v) is 3.08. The summed E-state index contributed by atoms with van der Waals surface area (Å²) in [6.45, 7) is 0. The highest BCUT2D eigenvalue weighted by atomic mass is 35.5. The first-order valence-corrected chi connectivity index (χ1v) is 6.68. The third-order valence-corrected chi connectivity index (χ3v) is 4.17. The third-order valence-electron chi connectivity index (χ3n) is 3.56. The van der Waals surface area contributed by atoms with Crippen molar-refractivity contribution >= 4 is 34.0 Å². The van der Waals surface area contributed by atoms with Gasteiger partial charge in [-0.3, -0.25) is 0 Å². The van der Waals surface area contributed by atoms with E-state index in [0.717, 1.165) is 17.5 Å². The molecule has 3 rings (SSSR count). The largest absolute Gasteiger partial charge is 0.507 e. The van der Waals surface area contributed by atoms with Gasteiger partial charge in [0.1, 0.15) is 11.5 Å². The Hall–Kier alpha value is -1.12. The van der Waals surface area contributed by atoms with E-state index in [1.54, 1.807) is 18.2 Å². The average Bonchev–Trinajstić information content (AvgIpc) is 2.36. The van der Waals surface area contributed by atoms with Gasteiger partial charge in [-0.05, 0) is 37.5 Å². The first-order valence-electron chi connectivity index (χ1n) is 5.87. The van der Waals surface area contributed by atoms with Crippen molar-refractivity contribution in [3.8, 4) is 11.5 Å². The maximum Gasteiger partial charge on any atom is 0.127 e. The van der Waals surface area contributed by atoms with Crippen LogP contribution in [0.3, 0.4) is 0 Å². The maximum absolute atomic E-state index is 10.3. The van der Waals surface area contributed by atoms with E-state index in [9.17, 15) is 10.2 Å². The van der Waals surface area contributed by atoms with E-state index >= 15 is 0 Å². The molecule has 0 amide bonds. The SMILES string of the molecule is Oc1c2c(c(O)c3ccc(Cl)cc13)CC(Cl)CC2. The van der Waals surface area contributed by atoms with Crippen LogP contribution >= 0.6 is 23.2 Å². The van der Waals surface area contributed by atoms with Crippen molar-refractivity contribution in [3.63, 3.8) is 0 Å². The lowest BCUT2D eigenvalue weighted by Crippen LogP contribution is -2.14. The number of hydrogen-bond donors (Lipinski definition) is 2. The Morgan fingerprint density at radius 1 is 1.06 bits per heavy atom. The molecule has 0 aliphatic heterocycles. The Bertz CT molecular complexity index is 637. The number of benzene rings is 2. The summed E-state index contributed by atoms with van der Waals surface area (Å²) in [5, 5.41) is 22.4. The van der Waals surface area contributed by atoms with Gasteiger partial charge in [0.25, 0.3) is 0 Å². The number of fused-ring (bicyclic) bond motifs is 2. The van der Waals surface area contributed by atoms with Crippen LogP contribution in [0.2, 0.25) is 5.02 Å². The number of phenols is 2. The molecule has 1 atom stereocenters. The van der Waals surface area contributed by atoms with E-state index in [2.05, 4.69) is 0 Å². The number of aromatic hydroxyl groups is 2. The molecule has 94 valence electrons. The van der Waals surface area contributed by atoms with Crippen LogP contribution in [0.4, 0.5) is 0 Å². The highest BCUT2D eigenvalue weighted by Gasteiger charge is 2.25.